The number of anilines is 1. The van der Waals surface area contributed by atoms with Crippen molar-refractivity contribution in [1.82, 2.24) is 5.32 Å². The normalized spacial score (nSPS) is 15.0. The van der Waals surface area contributed by atoms with Gasteiger partial charge in [0.25, 0.3) is 11.6 Å². The number of rotatable bonds is 5. The lowest BCUT2D eigenvalue weighted by molar-refractivity contribution is -0.384. The fourth-order valence-electron chi connectivity index (χ4n) is 2.70. The quantitative estimate of drug-likeness (QED) is 0.455. The molecule has 10 nitrogen and oxygen atoms in total. The van der Waals surface area contributed by atoms with Crippen LogP contribution in [0.25, 0.3) is 0 Å². The van der Waals surface area contributed by atoms with E-state index in [1.165, 1.54) is 19.1 Å². The maximum Gasteiger partial charge on any atom is 0.339 e. The second-order valence-corrected chi connectivity index (χ2v) is 5.91. The van der Waals surface area contributed by atoms with Crippen molar-refractivity contribution in [2.75, 3.05) is 18.0 Å². The van der Waals surface area contributed by atoms with Gasteiger partial charge in [-0.05, 0) is 38.3 Å². The predicted octanol–water partition coefficient (Wildman–Crippen LogP) is 1.33. The summed E-state index contributed by atoms with van der Waals surface area (Å²) in [6.45, 7) is 2.69. The average molecular weight is 364 g/mol. The molecule has 0 spiro atoms. The van der Waals surface area contributed by atoms with E-state index in [1.807, 2.05) is 4.90 Å². The van der Waals surface area contributed by atoms with Gasteiger partial charge in [0.2, 0.25) is 0 Å². The SMILES string of the molecule is C[C@H](OC(=O)c1ccc(N2CCCCC2)c([N+](=O)[O-])c1)C(=O)NC(N)=O. The number of nitro benzene ring substituents is 1. The number of amides is 3. The summed E-state index contributed by atoms with van der Waals surface area (Å²) in [5, 5.41) is 13.2. The van der Waals surface area contributed by atoms with Gasteiger partial charge in [0, 0.05) is 19.2 Å². The van der Waals surface area contributed by atoms with Crippen LogP contribution < -0.4 is 16.0 Å². The molecule has 0 aromatic heterocycles. The zero-order chi connectivity index (χ0) is 19.3. The summed E-state index contributed by atoms with van der Waals surface area (Å²) in [4.78, 5) is 47.1. The van der Waals surface area contributed by atoms with Crippen LogP contribution in [0.5, 0.6) is 0 Å². The van der Waals surface area contributed by atoms with Crippen molar-refractivity contribution in [3.05, 3.63) is 33.9 Å². The number of hydrogen-bond donors (Lipinski definition) is 2. The van der Waals surface area contributed by atoms with Gasteiger partial charge in [0.05, 0.1) is 10.5 Å². The molecule has 1 aliphatic heterocycles. The Kier molecular flexibility index (Phi) is 6.10. The first-order valence-electron chi connectivity index (χ1n) is 8.14. The van der Waals surface area contributed by atoms with Crippen LogP contribution >= 0.6 is 0 Å². The van der Waals surface area contributed by atoms with Gasteiger partial charge in [0.15, 0.2) is 6.10 Å². The van der Waals surface area contributed by atoms with Crippen molar-refractivity contribution in [2.45, 2.75) is 32.3 Å². The van der Waals surface area contributed by atoms with Crippen molar-refractivity contribution >= 4 is 29.3 Å². The van der Waals surface area contributed by atoms with Gasteiger partial charge in [-0.25, -0.2) is 9.59 Å². The summed E-state index contributed by atoms with van der Waals surface area (Å²) in [6, 6.07) is 2.98. The largest absolute Gasteiger partial charge is 0.449 e. The van der Waals surface area contributed by atoms with E-state index in [0.29, 0.717) is 5.69 Å². The highest BCUT2D eigenvalue weighted by Gasteiger charge is 2.25. The van der Waals surface area contributed by atoms with Crippen molar-refractivity contribution < 1.29 is 24.0 Å². The van der Waals surface area contributed by atoms with Crippen LogP contribution in [0.4, 0.5) is 16.2 Å². The summed E-state index contributed by atoms with van der Waals surface area (Å²) in [5.74, 6) is -1.80. The van der Waals surface area contributed by atoms with E-state index < -0.39 is 28.9 Å². The van der Waals surface area contributed by atoms with Gasteiger partial charge in [-0.2, -0.15) is 0 Å². The molecule has 1 heterocycles. The monoisotopic (exact) mass is 364 g/mol. The third-order valence-electron chi connectivity index (χ3n) is 4.00. The Hall–Kier alpha value is -3.17. The zero-order valence-corrected chi connectivity index (χ0v) is 14.3. The van der Waals surface area contributed by atoms with Crippen molar-refractivity contribution in [3.8, 4) is 0 Å². The molecule has 1 saturated heterocycles. The standard InChI is InChI=1S/C16H20N4O6/c1-10(14(21)18-16(17)23)26-15(22)11-5-6-12(13(9-11)20(24)25)19-7-3-2-4-8-19/h5-6,9-10H,2-4,7-8H2,1H3,(H3,17,18,21,23)/t10-/m0/s1. The highest BCUT2D eigenvalue weighted by molar-refractivity contribution is 5.98. The lowest BCUT2D eigenvalue weighted by atomic mass is 10.1. The minimum Gasteiger partial charge on any atom is -0.449 e. The topological polar surface area (TPSA) is 145 Å². The maximum absolute atomic E-state index is 12.2. The molecule has 140 valence electrons. The van der Waals surface area contributed by atoms with E-state index in [1.54, 1.807) is 5.32 Å². The molecule has 0 radical (unpaired) electrons. The first-order chi connectivity index (χ1) is 12.3. The van der Waals surface area contributed by atoms with E-state index in [0.717, 1.165) is 38.4 Å². The van der Waals surface area contributed by atoms with E-state index in [9.17, 15) is 24.5 Å². The molecule has 0 saturated carbocycles. The van der Waals surface area contributed by atoms with Gasteiger partial charge < -0.3 is 15.4 Å². The Labute approximate surface area is 149 Å². The Morgan fingerprint density at radius 2 is 1.92 bits per heavy atom. The fraction of sp³-hybridized carbons (Fsp3) is 0.438. The number of carbonyl (C=O) groups excluding carboxylic acids is 3. The molecule has 0 bridgehead atoms. The van der Waals surface area contributed by atoms with E-state index in [2.05, 4.69) is 0 Å². The highest BCUT2D eigenvalue weighted by atomic mass is 16.6. The van der Waals surface area contributed by atoms with Gasteiger partial charge in [0.1, 0.15) is 5.69 Å². The van der Waals surface area contributed by atoms with Crippen LogP contribution in [0.2, 0.25) is 0 Å². The van der Waals surface area contributed by atoms with Crippen LogP contribution in [0.3, 0.4) is 0 Å². The lowest BCUT2D eigenvalue weighted by Crippen LogP contribution is -2.42. The smallest absolute Gasteiger partial charge is 0.339 e. The first kappa shape index (κ1) is 19.2. The molecule has 1 aromatic carbocycles. The number of nitrogens with one attached hydrogen (secondary N) is 1. The van der Waals surface area contributed by atoms with E-state index in [4.69, 9.17) is 10.5 Å². The second kappa shape index (κ2) is 8.28. The molecule has 1 aromatic rings. The summed E-state index contributed by atoms with van der Waals surface area (Å²) < 4.78 is 4.92. The molecule has 3 N–H and O–H groups in total. The predicted molar refractivity (Wildman–Crippen MR) is 91.8 cm³/mol. The number of benzene rings is 1. The third-order valence-corrected chi connectivity index (χ3v) is 4.00. The number of urea groups is 1. The molecule has 1 atom stereocenters. The minimum atomic E-state index is -1.28. The van der Waals surface area contributed by atoms with Gasteiger partial charge >= 0.3 is 12.0 Å². The molecule has 26 heavy (non-hydrogen) atoms. The third kappa shape index (κ3) is 4.68. The Bertz CT molecular complexity index is 729. The number of esters is 1. The molecular weight excluding hydrogens is 344 g/mol. The van der Waals surface area contributed by atoms with Crippen LogP contribution in [0, 0.1) is 10.1 Å². The highest BCUT2D eigenvalue weighted by Crippen LogP contribution is 2.31. The van der Waals surface area contributed by atoms with Gasteiger partial charge in [-0.15, -0.1) is 0 Å². The maximum atomic E-state index is 12.2. The fourth-order valence-corrected chi connectivity index (χ4v) is 2.70. The van der Waals surface area contributed by atoms with E-state index in [-0.39, 0.29) is 11.3 Å². The Morgan fingerprint density at radius 1 is 1.27 bits per heavy atom. The molecule has 3 amide bonds. The average Bonchev–Trinajstić information content (AvgIpc) is 2.61. The van der Waals surface area contributed by atoms with E-state index >= 15 is 0 Å². The second-order valence-electron chi connectivity index (χ2n) is 5.91. The van der Waals surface area contributed by atoms with Crippen LogP contribution in [-0.2, 0) is 9.53 Å². The number of imide groups is 1. The molecule has 1 aliphatic rings. The minimum absolute atomic E-state index is 0.0591. The molecule has 0 aliphatic carbocycles. The van der Waals surface area contributed by atoms with Crippen molar-refractivity contribution in [2.24, 2.45) is 5.73 Å². The summed E-state index contributed by atoms with van der Waals surface area (Å²) in [7, 11) is 0. The van der Waals surface area contributed by atoms with Gasteiger partial charge in [-0.3, -0.25) is 20.2 Å². The van der Waals surface area contributed by atoms with Crippen LogP contribution in [0.15, 0.2) is 18.2 Å². The number of piperidine rings is 1. The number of nitrogens with two attached hydrogens (primary N) is 1. The Morgan fingerprint density at radius 3 is 2.50 bits per heavy atom. The molecule has 1 fully saturated rings. The van der Waals surface area contributed by atoms with Crippen LogP contribution in [-0.4, -0.2) is 42.0 Å². The lowest BCUT2D eigenvalue weighted by Gasteiger charge is -2.28. The summed E-state index contributed by atoms with van der Waals surface area (Å²) in [5.41, 5.74) is 5.01. The molecule has 2 rings (SSSR count). The van der Waals surface area contributed by atoms with Gasteiger partial charge in [-0.1, -0.05) is 0 Å². The number of nitrogens with zero attached hydrogens (tertiary/aromatic N) is 2. The molecular formula is C16H20N4O6. The number of primary amides is 1. The summed E-state index contributed by atoms with van der Waals surface area (Å²) in [6.07, 6.45) is 1.71. The molecule has 0 unspecified atom stereocenters. The summed E-state index contributed by atoms with van der Waals surface area (Å²) >= 11 is 0. The van der Waals surface area contributed by atoms with Crippen molar-refractivity contribution in [3.63, 3.8) is 0 Å². The van der Waals surface area contributed by atoms with Crippen molar-refractivity contribution in [1.29, 1.82) is 0 Å². The first-order valence-corrected chi connectivity index (χ1v) is 8.14. The number of carbonyl (C=O) groups is 3. The Balaban J connectivity index is 2.17. The number of hydrogen-bond acceptors (Lipinski definition) is 7. The van der Waals surface area contributed by atoms with Crippen LogP contribution in [0.1, 0.15) is 36.5 Å². The molecule has 10 heteroatoms. The number of nitro groups is 1. The zero-order valence-electron chi connectivity index (χ0n) is 14.3. The number of ether oxygens (including phenoxy) is 1.